The van der Waals surface area contributed by atoms with E-state index >= 15 is 0 Å². The number of halogens is 3. The zero-order chi connectivity index (χ0) is 10.6. The van der Waals surface area contributed by atoms with Gasteiger partial charge in [0.15, 0.2) is 0 Å². The summed E-state index contributed by atoms with van der Waals surface area (Å²) in [4.78, 5) is 0. The zero-order valence-electron chi connectivity index (χ0n) is 7.82. The maximum absolute atomic E-state index is 5.67. The zero-order valence-corrected chi connectivity index (χ0v) is 12.6. The number of benzene rings is 1. The average Bonchev–Trinajstić information content (AvgIpc) is 2.18. The van der Waals surface area contributed by atoms with Crippen LogP contribution in [-0.4, -0.2) is 6.61 Å². The number of ether oxygens (including phenoxy) is 1. The third-order valence-electron chi connectivity index (χ3n) is 1.75. The van der Waals surface area contributed by atoms with E-state index < -0.39 is 0 Å². The summed E-state index contributed by atoms with van der Waals surface area (Å²) in [6, 6.07) is 3.94. The van der Waals surface area contributed by atoms with Crippen LogP contribution in [0.2, 0.25) is 0 Å². The summed E-state index contributed by atoms with van der Waals surface area (Å²) < 4.78 is 8.61. The van der Waals surface area contributed by atoms with Gasteiger partial charge in [-0.15, -0.1) is 0 Å². The van der Waals surface area contributed by atoms with E-state index in [2.05, 4.69) is 54.7 Å². The molecule has 0 aliphatic rings. The van der Waals surface area contributed by atoms with E-state index in [0.29, 0.717) is 0 Å². The van der Waals surface area contributed by atoms with Crippen molar-refractivity contribution in [1.29, 1.82) is 0 Å². The molecule has 1 aromatic rings. The van der Waals surface area contributed by atoms with Crippen LogP contribution < -0.4 is 4.74 Å². The molecular formula is C10H11Br3O. The molecule has 0 spiro atoms. The molecule has 0 bridgehead atoms. The van der Waals surface area contributed by atoms with Gasteiger partial charge in [0, 0.05) is 4.47 Å². The van der Waals surface area contributed by atoms with Crippen molar-refractivity contribution in [3.63, 3.8) is 0 Å². The van der Waals surface area contributed by atoms with Crippen molar-refractivity contribution >= 4 is 47.8 Å². The summed E-state index contributed by atoms with van der Waals surface area (Å²) in [6.45, 7) is 2.90. The Hall–Kier alpha value is 0.460. The van der Waals surface area contributed by atoms with E-state index in [0.717, 1.165) is 38.6 Å². The highest BCUT2D eigenvalue weighted by Crippen LogP contribution is 2.38. The van der Waals surface area contributed by atoms with Crippen LogP contribution in [0, 0.1) is 0 Å². The highest BCUT2D eigenvalue weighted by atomic mass is 79.9. The quantitative estimate of drug-likeness (QED) is 0.513. The van der Waals surface area contributed by atoms with Crippen LogP contribution in [0.3, 0.4) is 0 Å². The van der Waals surface area contributed by atoms with Crippen molar-refractivity contribution in [2.24, 2.45) is 0 Å². The Morgan fingerprint density at radius 1 is 1.14 bits per heavy atom. The Bertz CT molecular complexity index is 312. The summed E-state index contributed by atoms with van der Waals surface area (Å²) in [5, 5.41) is 0. The lowest BCUT2D eigenvalue weighted by molar-refractivity contribution is 0.305. The van der Waals surface area contributed by atoms with E-state index in [4.69, 9.17) is 4.74 Å². The van der Waals surface area contributed by atoms with E-state index in [1.165, 1.54) is 0 Å². The fourth-order valence-corrected chi connectivity index (χ4v) is 2.44. The van der Waals surface area contributed by atoms with Gasteiger partial charge in [0.2, 0.25) is 0 Å². The first-order chi connectivity index (χ1) is 6.66. The molecule has 0 unspecified atom stereocenters. The SMILES string of the molecule is CCCCOc1c(Br)ccc(Br)c1Br. The van der Waals surface area contributed by atoms with E-state index in [-0.39, 0.29) is 0 Å². The normalized spacial score (nSPS) is 10.3. The summed E-state index contributed by atoms with van der Waals surface area (Å²) in [5.41, 5.74) is 0. The van der Waals surface area contributed by atoms with Gasteiger partial charge in [-0.2, -0.15) is 0 Å². The number of rotatable bonds is 4. The van der Waals surface area contributed by atoms with E-state index in [1.807, 2.05) is 12.1 Å². The first-order valence-corrected chi connectivity index (χ1v) is 6.81. The number of unbranched alkanes of at least 4 members (excludes halogenated alkanes) is 1. The van der Waals surface area contributed by atoms with Crippen molar-refractivity contribution < 1.29 is 4.74 Å². The van der Waals surface area contributed by atoms with Gasteiger partial charge in [0.1, 0.15) is 5.75 Å². The van der Waals surface area contributed by atoms with Gasteiger partial charge in [-0.25, -0.2) is 0 Å². The molecule has 0 heterocycles. The Kier molecular flexibility index (Phi) is 5.49. The van der Waals surface area contributed by atoms with Crippen molar-refractivity contribution in [1.82, 2.24) is 0 Å². The Balaban J connectivity index is 2.79. The molecule has 1 rings (SSSR count). The summed E-state index contributed by atoms with van der Waals surface area (Å²) >= 11 is 10.4. The van der Waals surface area contributed by atoms with Gasteiger partial charge in [-0.3, -0.25) is 0 Å². The fraction of sp³-hybridized carbons (Fsp3) is 0.400. The number of hydrogen-bond acceptors (Lipinski definition) is 1. The lowest BCUT2D eigenvalue weighted by atomic mass is 10.3. The maximum atomic E-state index is 5.67. The van der Waals surface area contributed by atoms with Gasteiger partial charge in [-0.1, -0.05) is 13.3 Å². The molecule has 0 saturated carbocycles. The van der Waals surface area contributed by atoms with Crippen LogP contribution in [0.25, 0.3) is 0 Å². The molecule has 0 amide bonds. The highest BCUT2D eigenvalue weighted by molar-refractivity contribution is 9.13. The minimum Gasteiger partial charge on any atom is -0.491 e. The Labute approximate surface area is 110 Å². The van der Waals surface area contributed by atoms with Crippen LogP contribution >= 0.6 is 47.8 Å². The molecule has 4 heteroatoms. The molecule has 0 atom stereocenters. The summed E-state index contributed by atoms with van der Waals surface area (Å²) in [7, 11) is 0. The van der Waals surface area contributed by atoms with Crippen molar-refractivity contribution in [2.45, 2.75) is 19.8 Å². The smallest absolute Gasteiger partial charge is 0.148 e. The van der Waals surface area contributed by atoms with Gasteiger partial charge in [0.05, 0.1) is 15.6 Å². The highest BCUT2D eigenvalue weighted by Gasteiger charge is 2.09. The first-order valence-electron chi connectivity index (χ1n) is 4.43. The van der Waals surface area contributed by atoms with Crippen molar-refractivity contribution in [3.05, 3.63) is 25.6 Å². The maximum Gasteiger partial charge on any atom is 0.148 e. The lowest BCUT2D eigenvalue weighted by Crippen LogP contribution is -1.98. The first kappa shape index (κ1) is 12.5. The van der Waals surface area contributed by atoms with Crippen molar-refractivity contribution in [3.8, 4) is 5.75 Å². The predicted octanol–water partition coefficient (Wildman–Crippen LogP) is 5.15. The fourth-order valence-electron chi connectivity index (χ4n) is 0.959. The van der Waals surface area contributed by atoms with Crippen LogP contribution in [0.5, 0.6) is 5.75 Å². The number of hydrogen-bond donors (Lipinski definition) is 0. The second-order valence-electron chi connectivity index (χ2n) is 2.87. The topological polar surface area (TPSA) is 9.23 Å². The third-order valence-corrected chi connectivity index (χ3v) is 4.35. The monoisotopic (exact) mass is 384 g/mol. The molecule has 0 N–H and O–H groups in total. The standard InChI is InChI=1S/C10H11Br3O/c1-2-3-6-14-10-8(12)5-4-7(11)9(10)13/h4-5H,2-3,6H2,1H3. The van der Waals surface area contributed by atoms with Crippen LogP contribution in [0.4, 0.5) is 0 Å². The van der Waals surface area contributed by atoms with Crippen molar-refractivity contribution in [2.75, 3.05) is 6.61 Å². The molecule has 78 valence electrons. The summed E-state index contributed by atoms with van der Waals surface area (Å²) in [5.74, 6) is 0.868. The minimum atomic E-state index is 0.754. The van der Waals surface area contributed by atoms with Gasteiger partial charge < -0.3 is 4.74 Å². The van der Waals surface area contributed by atoms with Crippen LogP contribution in [0.1, 0.15) is 19.8 Å². The molecular weight excluding hydrogens is 376 g/mol. The molecule has 0 aliphatic heterocycles. The molecule has 0 radical (unpaired) electrons. The molecule has 0 aliphatic carbocycles. The molecule has 0 aromatic heterocycles. The minimum absolute atomic E-state index is 0.754. The third kappa shape index (κ3) is 3.24. The lowest BCUT2D eigenvalue weighted by Gasteiger charge is -2.10. The summed E-state index contributed by atoms with van der Waals surface area (Å²) in [6.07, 6.45) is 2.22. The largest absolute Gasteiger partial charge is 0.491 e. The van der Waals surface area contributed by atoms with Gasteiger partial charge in [0.25, 0.3) is 0 Å². The van der Waals surface area contributed by atoms with Gasteiger partial charge in [-0.05, 0) is 66.3 Å². The van der Waals surface area contributed by atoms with Gasteiger partial charge >= 0.3 is 0 Å². The van der Waals surface area contributed by atoms with Crippen LogP contribution in [0.15, 0.2) is 25.6 Å². The average molecular weight is 387 g/mol. The Morgan fingerprint density at radius 2 is 1.79 bits per heavy atom. The Morgan fingerprint density at radius 3 is 2.43 bits per heavy atom. The van der Waals surface area contributed by atoms with Crippen LogP contribution in [-0.2, 0) is 0 Å². The van der Waals surface area contributed by atoms with E-state index in [9.17, 15) is 0 Å². The molecule has 0 saturated heterocycles. The van der Waals surface area contributed by atoms with E-state index in [1.54, 1.807) is 0 Å². The molecule has 0 fully saturated rings. The second-order valence-corrected chi connectivity index (χ2v) is 5.38. The molecule has 14 heavy (non-hydrogen) atoms. The molecule has 1 nitrogen and oxygen atoms in total. The molecule has 1 aromatic carbocycles. The predicted molar refractivity (Wildman–Crippen MR) is 69.9 cm³/mol. The second kappa shape index (κ2) is 6.13.